The van der Waals surface area contributed by atoms with Crippen molar-refractivity contribution in [3.63, 3.8) is 0 Å². The SMILES string of the molecule is Cc1ccccc1-n1c(SC(C)C(=O)NC2CCCC2)nc2cc(Cl)ccc2c1=O. The molecule has 1 aromatic heterocycles. The number of aryl methyl sites for hydroxylation is 1. The van der Waals surface area contributed by atoms with E-state index in [2.05, 4.69) is 5.32 Å². The van der Waals surface area contributed by atoms with Crippen LogP contribution in [0.1, 0.15) is 38.2 Å². The second-order valence-corrected chi connectivity index (χ2v) is 9.48. The summed E-state index contributed by atoms with van der Waals surface area (Å²) in [5.74, 6) is -0.0244. The van der Waals surface area contributed by atoms with E-state index >= 15 is 0 Å². The molecule has 0 spiro atoms. The molecule has 7 heteroatoms. The molecule has 156 valence electrons. The summed E-state index contributed by atoms with van der Waals surface area (Å²) >= 11 is 7.43. The van der Waals surface area contributed by atoms with Crippen LogP contribution in [0.3, 0.4) is 0 Å². The second kappa shape index (κ2) is 8.82. The van der Waals surface area contributed by atoms with E-state index in [9.17, 15) is 9.59 Å². The van der Waals surface area contributed by atoms with Crippen molar-refractivity contribution in [1.29, 1.82) is 0 Å². The molecule has 1 amide bonds. The summed E-state index contributed by atoms with van der Waals surface area (Å²) in [6, 6.07) is 13.0. The number of fused-ring (bicyclic) bond motifs is 1. The zero-order valence-electron chi connectivity index (χ0n) is 17.0. The molecule has 5 nitrogen and oxygen atoms in total. The van der Waals surface area contributed by atoms with E-state index in [0.29, 0.717) is 21.1 Å². The molecular weight excluding hydrogens is 418 g/mol. The number of halogens is 1. The Hall–Kier alpha value is -2.31. The number of rotatable bonds is 5. The summed E-state index contributed by atoms with van der Waals surface area (Å²) in [5.41, 5.74) is 2.08. The van der Waals surface area contributed by atoms with E-state index < -0.39 is 0 Å². The van der Waals surface area contributed by atoms with Crippen LogP contribution >= 0.6 is 23.4 Å². The Labute approximate surface area is 184 Å². The number of amides is 1. The van der Waals surface area contributed by atoms with Crippen molar-refractivity contribution < 1.29 is 4.79 Å². The maximum absolute atomic E-state index is 13.4. The van der Waals surface area contributed by atoms with Gasteiger partial charge in [0.25, 0.3) is 5.56 Å². The maximum Gasteiger partial charge on any atom is 0.266 e. The fourth-order valence-corrected chi connectivity index (χ4v) is 4.94. The Morgan fingerprint density at radius 3 is 2.70 bits per heavy atom. The van der Waals surface area contributed by atoms with Crippen molar-refractivity contribution >= 4 is 40.2 Å². The number of hydrogen-bond donors (Lipinski definition) is 1. The molecule has 30 heavy (non-hydrogen) atoms. The van der Waals surface area contributed by atoms with Crippen molar-refractivity contribution in [1.82, 2.24) is 14.9 Å². The topological polar surface area (TPSA) is 64.0 Å². The fraction of sp³-hybridized carbons (Fsp3) is 0.348. The molecule has 1 atom stereocenters. The van der Waals surface area contributed by atoms with Crippen molar-refractivity contribution in [3.8, 4) is 5.69 Å². The van der Waals surface area contributed by atoms with Crippen LogP contribution in [0.15, 0.2) is 52.4 Å². The van der Waals surface area contributed by atoms with E-state index in [1.165, 1.54) is 11.8 Å². The smallest absolute Gasteiger partial charge is 0.266 e. The molecule has 3 aromatic rings. The van der Waals surface area contributed by atoms with Gasteiger partial charge in [0.15, 0.2) is 5.16 Å². The van der Waals surface area contributed by atoms with Crippen LogP contribution in [0.5, 0.6) is 0 Å². The van der Waals surface area contributed by atoms with Crippen molar-refractivity contribution in [2.45, 2.75) is 56.0 Å². The van der Waals surface area contributed by atoms with Gasteiger partial charge in [-0.3, -0.25) is 14.2 Å². The minimum atomic E-state index is -0.385. The molecule has 1 aliphatic carbocycles. The zero-order chi connectivity index (χ0) is 21.3. The lowest BCUT2D eigenvalue weighted by atomic mass is 10.2. The third-order valence-corrected chi connectivity index (χ3v) is 6.80. The lowest BCUT2D eigenvalue weighted by molar-refractivity contribution is -0.120. The van der Waals surface area contributed by atoms with Gasteiger partial charge >= 0.3 is 0 Å². The van der Waals surface area contributed by atoms with Gasteiger partial charge in [0.2, 0.25) is 5.91 Å². The first-order chi connectivity index (χ1) is 14.4. The number of carbonyl (C=O) groups excluding carboxylic acids is 1. The highest BCUT2D eigenvalue weighted by Gasteiger charge is 2.24. The third kappa shape index (κ3) is 4.25. The standard InChI is InChI=1S/C23H24ClN3O2S/c1-14-7-3-6-10-20(14)27-22(29)18-12-11-16(24)13-19(18)26-23(27)30-15(2)21(28)25-17-8-4-5-9-17/h3,6-7,10-13,15,17H,4-5,8-9H2,1-2H3,(H,25,28). The zero-order valence-corrected chi connectivity index (χ0v) is 18.6. The van der Waals surface area contributed by atoms with Crippen LogP contribution in [-0.4, -0.2) is 26.8 Å². The molecule has 1 saturated carbocycles. The van der Waals surface area contributed by atoms with E-state index in [4.69, 9.17) is 16.6 Å². The molecular formula is C23H24ClN3O2S. The summed E-state index contributed by atoms with van der Waals surface area (Å²) in [4.78, 5) is 30.9. The molecule has 0 aliphatic heterocycles. The lowest BCUT2D eigenvalue weighted by Crippen LogP contribution is -2.38. The van der Waals surface area contributed by atoms with Crippen molar-refractivity contribution in [2.75, 3.05) is 0 Å². The minimum absolute atomic E-state index is 0.0244. The van der Waals surface area contributed by atoms with Crippen LogP contribution < -0.4 is 10.9 Å². The van der Waals surface area contributed by atoms with Crippen LogP contribution in [0, 0.1) is 6.92 Å². The monoisotopic (exact) mass is 441 g/mol. The lowest BCUT2D eigenvalue weighted by Gasteiger charge is -2.19. The summed E-state index contributed by atoms with van der Waals surface area (Å²) in [6.07, 6.45) is 4.38. The molecule has 1 aliphatic rings. The maximum atomic E-state index is 13.4. The van der Waals surface area contributed by atoms with Crippen LogP contribution in [-0.2, 0) is 4.79 Å². The molecule has 2 aromatic carbocycles. The number of nitrogens with zero attached hydrogens (tertiary/aromatic N) is 2. The van der Waals surface area contributed by atoms with Gasteiger partial charge in [0, 0.05) is 11.1 Å². The number of para-hydroxylation sites is 1. The highest BCUT2D eigenvalue weighted by molar-refractivity contribution is 8.00. The molecule has 0 bridgehead atoms. The minimum Gasteiger partial charge on any atom is -0.352 e. The average Bonchev–Trinajstić information content (AvgIpc) is 3.22. The Kier molecular flexibility index (Phi) is 6.16. The Morgan fingerprint density at radius 2 is 1.97 bits per heavy atom. The van der Waals surface area contributed by atoms with Gasteiger partial charge in [-0.2, -0.15) is 0 Å². The number of carbonyl (C=O) groups is 1. The van der Waals surface area contributed by atoms with E-state index in [1.54, 1.807) is 22.8 Å². The summed E-state index contributed by atoms with van der Waals surface area (Å²) in [7, 11) is 0. The van der Waals surface area contributed by atoms with Crippen LogP contribution in [0.4, 0.5) is 0 Å². The first-order valence-corrected chi connectivity index (χ1v) is 11.4. The predicted molar refractivity (Wildman–Crippen MR) is 123 cm³/mol. The first kappa shape index (κ1) is 20.9. The molecule has 4 rings (SSSR count). The van der Waals surface area contributed by atoms with E-state index in [-0.39, 0.29) is 22.8 Å². The van der Waals surface area contributed by atoms with Gasteiger partial charge in [-0.25, -0.2) is 4.98 Å². The van der Waals surface area contributed by atoms with Gasteiger partial charge < -0.3 is 5.32 Å². The predicted octanol–water partition coefficient (Wildman–Crippen LogP) is 4.89. The molecule has 0 saturated heterocycles. The molecule has 1 heterocycles. The normalized spacial score (nSPS) is 15.4. The number of hydrogen-bond acceptors (Lipinski definition) is 4. The Balaban J connectivity index is 1.77. The van der Waals surface area contributed by atoms with Gasteiger partial charge in [-0.1, -0.05) is 54.4 Å². The van der Waals surface area contributed by atoms with E-state index in [0.717, 1.165) is 36.9 Å². The summed E-state index contributed by atoms with van der Waals surface area (Å²) in [5, 5.41) is 4.25. The number of benzene rings is 2. The molecule has 1 fully saturated rings. The molecule has 1 N–H and O–H groups in total. The highest BCUT2D eigenvalue weighted by Crippen LogP contribution is 2.28. The van der Waals surface area contributed by atoms with Crippen molar-refractivity contribution in [2.24, 2.45) is 0 Å². The van der Waals surface area contributed by atoms with Crippen LogP contribution in [0.2, 0.25) is 5.02 Å². The Morgan fingerprint density at radius 1 is 1.23 bits per heavy atom. The third-order valence-electron chi connectivity index (χ3n) is 5.51. The van der Waals surface area contributed by atoms with E-state index in [1.807, 2.05) is 38.1 Å². The number of aromatic nitrogens is 2. The highest BCUT2D eigenvalue weighted by atomic mass is 35.5. The van der Waals surface area contributed by atoms with Crippen molar-refractivity contribution in [3.05, 3.63) is 63.4 Å². The second-order valence-electron chi connectivity index (χ2n) is 7.73. The van der Waals surface area contributed by atoms with Gasteiger partial charge in [-0.15, -0.1) is 0 Å². The first-order valence-electron chi connectivity index (χ1n) is 10.2. The number of nitrogens with one attached hydrogen (secondary N) is 1. The summed E-state index contributed by atoms with van der Waals surface area (Å²) < 4.78 is 1.61. The molecule has 0 radical (unpaired) electrons. The summed E-state index contributed by atoms with van der Waals surface area (Å²) in [6.45, 7) is 3.81. The fourth-order valence-electron chi connectivity index (χ4n) is 3.84. The van der Waals surface area contributed by atoms with Gasteiger partial charge in [0.1, 0.15) is 0 Å². The largest absolute Gasteiger partial charge is 0.352 e. The van der Waals surface area contributed by atoms with Gasteiger partial charge in [-0.05, 0) is 56.5 Å². The Bertz CT molecular complexity index is 1150. The quantitative estimate of drug-likeness (QED) is 0.452. The molecule has 1 unspecified atom stereocenters. The van der Waals surface area contributed by atoms with Gasteiger partial charge in [0.05, 0.1) is 21.8 Å². The number of thioether (sulfide) groups is 1. The van der Waals surface area contributed by atoms with Crippen LogP contribution in [0.25, 0.3) is 16.6 Å². The average molecular weight is 442 g/mol.